The van der Waals surface area contributed by atoms with Crippen LogP contribution in [0.2, 0.25) is 0 Å². The number of furan rings is 2. The summed E-state index contributed by atoms with van der Waals surface area (Å²) in [4.78, 5) is 0. The van der Waals surface area contributed by atoms with E-state index in [4.69, 9.17) is 8.83 Å². The molecule has 9 aromatic carbocycles. The number of benzene rings is 9. The molecule has 2 aromatic heterocycles. The summed E-state index contributed by atoms with van der Waals surface area (Å²) in [5.41, 5.74) is 13.8. The lowest BCUT2D eigenvalue weighted by Crippen LogP contribution is -2.14. The molecule has 0 atom stereocenters. The average molecular weight is 651 g/mol. The van der Waals surface area contributed by atoms with Crippen LogP contribution in [-0.2, 0) is 5.41 Å². The standard InChI is InChI=1S/C49H30O2/c1-49(2)40-11-5-3-8-32(40)38-25-39-33-21-18-29(24-44(33)51-45(39)26-41(38)49)30-19-14-27-17-23-36-31(20-15-28-16-22-35(30)46(27)47(28)36)34-10-7-13-43-48(34)37-9-4-6-12-42(37)50-43/h3-26H,1-2H3. The molecule has 51 heavy (non-hydrogen) atoms. The number of para-hydroxylation sites is 1. The zero-order valence-electron chi connectivity index (χ0n) is 28.2. The van der Waals surface area contributed by atoms with Crippen molar-refractivity contribution in [2.75, 3.05) is 0 Å². The normalized spacial score (nSPS) is 13.8. The fourth-order valence-electron chi connectivity index (χ4n) is 9.42. The van der Waals surface area contributed by atoms with E-state index in [1.54, 1.807) is 0 Å². The highest BCUT2D eigenvalue weighted by atomic mass is 16.3. The third-order valence-electron chi connectivity index (χ3n) is 11.8. The van der Waals surface area contributed by atoms with Gasteiger partial charge in [-0.2, -0.15) is 0 Å². The summed E-state index contributed by atoms with van der Waals surface area (Å²) in [5.74, 6) is 0. The van der Waals surface area contributed by atoms with Crippen molar-refractivity contribution in [3.63, 3.8) is 0 Å². The van der Waals surface area contributed by atoms with E-state index in [-0.39, 0.29) is 5.41 Å². The molecule has 238 valence electrons. The third kappa shape index (κ3) is 3.51. The Morgan fingerprint density at radius 3 is 1.86 bits per heavy atom. The average Bonchev–Trinajstić information content (AvgIpc) is 3.80. The van der Waals surface area contributed by atoms with Crippen molar-refractivity contribution in [3.8, 4) is 33.4 Å². The van der Waals surface area contributed by atoms with Crippen molar-refractivity contribution >= 4 is 76.2 Å². The van der Waals surface area contributed by atoms with E-state index >= 15 is 0 Å². The molecule has 2 heteroatoms. The maximum Gasteiger partial charge on any atom is 0.136 e. The summed E-state index contributed by atoms with van der Waals surface area (Å²) in [6.07, 6.45) is 0. The van der Waals surface area contributed by atoms with E-state index < -0.39 is 0 Å². The molecule has 0 amide bonds. The fraction of sp³-hybridized carbons (Fsp3) is 0.0612. The quantitative estimate of drug-likeness (QED) is 0.174. The molecule has 0 saturated carbocycles. The lowest BCUT2D eigenvalue weighted by molar-refractivity contribution is 0.647. The van der Waals surface area contributed by atoms with Gasteiger partial charge in [-0.25, -0.2) is 0 Å². The van der Waals surface area contributed by atoms with Gasteiger partial charge in [-0.15, -0.1) is 0 Å². The number of rotatable bonds is 2. The predicted molar refractivity (Wildman–Crippen MR) is 213 cm³/mol. The van der Waals surface area contributed by atoms with Crippen molar-refractivity contribution in [1.29, 1.82) is 0 Å². The second-order valence-electron chi connectivity index (χ2n) is 14.8. The molecular weight excluding hydrogens is 621 g/mol. The first-order chi connectivity index (χ1) is 25.0. The number of hydrogen-bond donors (Lipinski definition) is 0. The largest absolute Gasteiger partial charge is 0.456 e. The van der Waals surface area contributed by atoms with E-state index in [0.717, 1.165) is 38.7 Å². The highest BCUT2D eigenvalue weighted by molar-refractivity contribution is 6.29. The van der Waals surface area contributed by atoms with Gasteiger partial charge in [0.05, 0.1) is 0 Å². The van der Waals surface area contributed by atoms with Crippen LogP contribution in [0.1, 0.15) is 25.0 Å². The Morgan fingerprint density at radius 1 is 0.353 bits per heavy atom. The van der Waals surface area contributed by atoms with Crippen molar-refractivity contribution in [2.45, 2.75) is 19.3 Å². The van der Waals surface area contributed by atoms with Gasteiger partial charge in [-0.3, -0.25) is 0 Å². The molecule has 0 aliphatic heterocycles. The molecular formula is C49H30O2. The molecule has 0 N–H and O–H groups in total. The molecule has 12 rings (SSSR count). The van der Waals surface area contributed by atoms with Gasteiger partial charge in [-0.05, 0) is 113 Å². The monoisotopic (exact) mass is 650 g/mol. The van der Waals surface area contributed by atoms with Crippen LogP contribution in [0.15, 0.2) is 154 Å². The lowest BCUT2D eigenvalue weighted by Gasteiger charge is -2.21. The van der Waals surface area contributed by atoms with Gasteiger partial charge in [0.25, 0.3) is 0 Å². The Morgan fingerprint density at radius 2 is 1.00 bits per heavy atom. The second-order valence-corrected chi connectivity index (χ2v) is 14.8. The van der Waals surface area contributed by atoms with Gasteiger partial charge < -0.3 is 8.83 Å². The topological polar surface area (TPSA) is 26.3 Å². The fourth-order valence-corrected chi connectivity index (χ4v) is 9.42. The van der Waals surface area contributed by atoms with Crippen LogP contribution in [0.4, 0.5) is 0 Å². The van der Waals surface area contributed by atoms with Crippen LogP contribution in [0, 0.1) is 0 Å². The molecule has 1 aliphatic rings. The Kier molecular flexibility index (Phi) is 5.08. The van der Waals surface area contributed by atoms with Crippen LogP contribution in [0.5, 0.6) is 0 Å². The molecule has 0 unspecified atom stereocenters. The minimum absolute atomic E-state index is 0.0648. The van der Waals surface area contributed by atoms with E-state index in [0.29, 0.717) is 0 Å². The van der Waals surface area contributed by atoms with E-state index in [1.165, 1.54) is 82.0 Å². The second kappa shape index (κ2) is 9.44. The maximum atomic E-state index is 6.67. The molecule has 11 aromatic rings. The molecule has 0 fully saturated rings. The summed E-state index contributed by atoms with van der Waals surface area (Å²) in [6.45, 7) is 4.64. The predicted octanol–water partition coefficient (Wildman–Crippen LogP) is 14.0. The van der Waals surface area contributed by atoms with Gasteiger partial charge in [0, 0.05) is 27.0 Å². The Hall–Kier alpha value is -6.38. The lowest BCUT2D eigenvalue weighted by atomic mass is 9.82. The third-order valence-corrected chi connectivity index (χ3v) is 11.8. The molecule has 0 radical (unpaired) electrons. The minimum atomic E-state index is -0.0648. The van der Waals surface area contributed by atoms with Crippen LogP contribution in [0.25, 0.3) is 110 Å². The Bertz CT molecular complexity index is 3280. The molecule has 2 nitrogen and oxygen atoms in total. The molecule has 1 aliphatic carbocycles. The van der Waals surface area contributed by atoms with Crippen LogP contribution in [-0.4, -0.2) is 0 Å². The van der Waals surface area contributed by atoms with Crippen molar-refractivity contribution < 1.29 is 8.83 Å². The summed E-state index contributed by atoms with van der Waals surface area (Å²) in [7, 11) is 0. The van der Waals surface area contributed by atoms with Crippen molar-refractivity contribution in [2.24, 2.45) is 0 Å². The summed E-state index contributed by atoms with van der Waals surface area (Å²) < 4.78 is 13.0. The van der Waals surface area contributed by atoms with E-state index in [2.05, 4.69) is 153 Å². The summed E-state index contributed by atoms with van der Waals surface area (Å²) in [6, 6.07) is 53.3. The van der Waals surface area contributed by atoms with Gasteiger partial charge >= 0.3 is 0 Å². The first-order valence-electron chi connectivity index (χ1n) is 17.8. The first-order valence-corrected chi connectivity index (χ1v) is 17.8. The number of fused-ring (bicyclic) bond motifs is 9. The van der Waals surface area contributed by atoms with Crippen LogP contribution >= 0.6 is 0 Å². The van der Waals surface area contributed by atoms with Crippen LogP contribution < -0.4 is 0 Å². The smallest absolute Gasteiger partial charge is 0.136 e. The molecule has 0 bridgehead atoms. The minimum Gasteiger partial charge on any atom is -0.456 e. The van der Waals surface area contributed by atoms with Gasteiger partial charge in [0.1, 0.15) is 22.3 Å². The van der Waals surface area contributed by atoms with E-state index in [9.17, 15) is 0 Å². The van der Waals surface area contributed by atoms with Crippen molar-refractivity contribution in [3.05, 3.63) is 157 Å². The number of hydrogen-bond acceptors (Lipinski definition) is 2. The Labute approximate surface area is 293 Å². The highest BCUT2D eigenvalue weighted by Crippen LogP contribution is 2.51. The van der Waals surface area contributed by atoms with E-state index in [1.807, 2.05) is 6.07 Å². The van der Waals surface area contributed by atoms with Gasteiger partial charge in [-0.1, -0.05) is 123 Å². The zero-order chi connectivity index (χ0) is 33.6. The van der Waals surface area contributed by atoms with Crippen molar-refractivity contribution in [1.82, 2.24) is 0 Å². The van der Waals surface area contributed by atoms with Gasteiger partial charge in [0.2, 0.25) is 0 Å². The summed E-state index contributed by atoms with van der Waals surface area (Å²) >= 11 is 0. The molecule has 0 spiro atoms. The first kappa shape index (κ1) is 27.4. The maximum absolute atomic E-state index is 6.67. The highest BCUT2D eigenvalue weighted by Gasteiger charge is 2.36. The Balaban J connectivity index is 1.06. The van der Waals surface area contributed by atoms with Gasteiger partial charge in [0.15, 0.2) is 0 Å². The molecule has 2 heterocycles. The zero-order valence-corrected chi connectivity index (χ0v) is 28.2. The summed E-state index contributed by atoms with van der Waals surface area (Å²) in [5, 5.41) is 12.3. The molecule has 0 saturated heterocycles. The SMILES string of the molecule is CC1(C)c2ccccc2-c2cc3c(cc21)oc1cc(-c2ccc4ccc5c(-c6cccc7oc8ccccc8c67)ccc6ccc2c4c65)ccc13. The van der Waals surface area contributed by atoms with Crippen LogP contribution in [0.3, 0.4) is 0 Å².